The standard InChI is InChI=1S/C22H25N5O3/c1-14(2)21-17(12-24-27(21)19-7-5-6-10-23-19)22(29)26-25-20(28)13-30-18-11-15(3)8-9-16(18)4/h5-12,14H,13H2,1-4H3,(H,25,28)(H,26,29). The number of nitrogens with one attached hydrogen (secondary N) is 2. The fourth-order valence-corrected chi connectivity index (χ4v) is 2.99. The lowest BCUT2D eigenvalue weighted by atomic mass is 10.1. The molecule has 8 nitrogen and oxygen atoms in total. The van der Waals surface area contributed by atoms with Gasteiger partial charge in [0.2, 0.25) is 0 Å². The number of aromatic nitrogens is 3. The highest BCUT2D eigenvalue weighted by Crippen LogP contribution is 2.22. The summed E-state index contributed by atoms with van der Waals surface area (Å²) in [6.07, 6.45) is 3.13. The number of nitrogens with zero attached hydrogens (tertiary/aromatic N) is 3. The van der Waals surface area contributed by atoms with Crippen LogP contribution in [-0.2, 0) is 4.79 Å². The molecule has 0 aliphatic rings. The van der Waals surface area contributed by atoms with Gasteiger partial charge in [-0.3, -0.25) is 20.4 Å². The third-order valence-corrected chi connectivity index (χ3v) is 4.48. The van der Waals surface area contributed by atoms with Crippen LogP contribution >= 0.6 is 0 Å². The van der Waals surface area contributed by atoms with Crippen molar-refractivity contribution in [3.8, 4) is 11.6 Å². The Balaban J connectivity index is 1.64. The van der Waals surface area contributed by atoms with Crippen LogP contribution in [0, 0.1) is 13.8 Å². The van der Waals surface area contributed by atoms with E-state index in [2.05, 4.69) is 20.9 Å². The SMILES string of the molecule is Cc1ccc(C)c(OCC(=O)NNC(=O)c2cnn(-c3ccccn3)c2C(C)C)c1. The fourth-order valence-electron chi connectivity index (χ4n) is 2.99. The average molecular weight is 407 g/mol. The van der Waals surface area contributed by atoms with Gasteiger partial charge >= 0.3 is 0 Å². The molecule has 2 amide bonds. The number of hydrogen-bond donors (Lipinski definition) is 2. The van der Waals surface area contributed by atoms with E-state index in [1.54, 1.807) is 10.9 Å². The third kappa shape index (κ3) is 4.83. The monoisotopic (exact) mass is 407 g/mol. The van der Waals surface area contributed by atoms with E-state index in [4.69, 9.17) is 4.74 Å². The van der Waals surface area contributed by atoms with Crippen molar-refractivity contribution in [1.82, 2.24) is 25.6 Å². The van der Waals surface area contributed by atoms with Gasteiger partial charge in [-0.1, -0.05) is 32.0 Å². The second kappa shape index (κ2) is 9.21. The number of hydrogen-bond acceptors (Lipinski definition) is 5. The lowest BCUT2D eigenvalue weighted by Gasteiger charge is -2.13. The molecule has 1 aromatic carbocycles. The van der Waals surface area contributed by atoms with Gasteiger partial charge in [0.25, 0.3) is 11.8 Å². The molecule has 0 radical (unpaired) electrons. The molecule has 0 atom stereocenters. The Morgan fingerprint density at radius 1 is 1.13 bits per heavy atom. The number of pyridine rings is 1. The summed E-state index contributed by atoms with van der Waals surface area (Å²) in [5.74, 6) is 0.341. The molecular weight excluding hydrogens is 382 g/mol. The highest BCUT2D eigenvalue weighted by molar-refractivity contribution is 5.96. The Morgan fingerprint density at radius 2 is 1.93 bits per heavy atom. The molecule has 3 aromatic rings. The Bertz CT molecular complexity index is 1040. The number of carbonyl (C=O) groups is 2. The van der Waals surface area contributed by atoms with Gasteiger partial charge in [0.15, 0.2) is 12.4 Å². The van der Waals surface area contributed by atoms with Crippen molar-refractivity contribution >= 4 is 11.8 Å². The molecule has 0 bridgehead atoms. The van der Waals surface area contributed by atoms with Crippen molar-refractivity contribution in [3.63, 3.8) is 0 Å². The van der Waals surface area contributed by atoms with Gasteiger partial charge in [-0.15, -0.1) is 0 Å². The Morgan fingerprint density at radius 3 is 2.63 bits per heavy atom. The highest BCUT2D eigenvalue weighted by Gasteiger charge is 2.21. The van der Waals surface area contributed by atoms with Crippen LogP contribution in [0.2, 0.25) is 0 Å². The van der Waals surface area contributed by atoms with E-state index in [0.717, 1.165) is 11.1 Å². The second-order valence-electron chi connectivity index (χ2n) is 7.26. The quantitative estimate of drug-likeness (QED) is 0.613. The van der Waals surface area contributed by atoms with E-state index in [9.17, 15) is 9.59 Å². The summed E-state index contributed by atoms with van der Waals surface area (Å²) in [5, 5.41) is 4.31. The highest BCUT2D eigenvalue weighted by atomic mass is 16.5. The van der Waals surface area contributed by atoms with E-state index in [1.165, 1.54) is 6.20 Å². The van der Waals surface area contributed by atoms with Crippen LogP contribution in [0.1, 0.15) is 46.9 Å². The molecule has 0 saturated heterocycles. The van der Waals surface area contributed by atoms with Crippen molar-refractivity contribution in [3.05, 3.63) is 71.2 Å². The first kappa shape index (κ1) is 21.0. The maximum Gasteiger partial charge on any atom is 0.276 e. The van der Waals surface area contributed by atoms with Gasteiger partial charge in [0.1, 0.15) is 5.75 Å². The summed E-state index contributed by atoms with van der Waals surface area (Å²) in [6, 6.07) is 11.2. The zero-order chi connectivity index (χ0) is 21.7. The van der Waals surface area contributed by atoms with Gasteiger partial charge in [-0.25, -0.2) is 9.67 Å². The molecule has 3 rings (SSSR count). The number of carbonyl (C=O) groups excluding carboxylic acids is 2. The summed E-state index contributed by atoms with van der Waals surface area (Å²) in [7, 11) is 0. The van der Waals surface area contributed by atoms with Crippen LogP contribution in [-0.4, -0.2) is 33.2 Å². The summed E-state index contributed by atoms with van der Waals surface area (Å²) in [6.45, 7) is 7.56. The lowest BCUT2D eigenvalue weighted by Crippen LogP contribution is -2.44. The number of ether oxygens (including phenoxy) is 1. The molecule has 0 unspecified atom stereocenters. The van der Waals surface area contributed by atoms with Gasteiger partial charge in [-0.2, -0.15) is 5.10 Å². The molecule has 2 N–H and O–H groups in total. The minimum atomic E-state index is -0.465. The first-order valence-electron chi connectivity index (χ1n) is 9.65. The number of rotatable bonds is 6. The van der Waals surface area contributed by atoms with Crippen LogP contribution < -0.4 is 15.6 Å². The van der Waals surface area contributed by atoms with Crippen molar-refractivity contribution in [2.75, 3.05) is 6.61 Å². The van der Waals surface area contributed by atoms with E-state index in [0.29, 0.717) is 22.8 Å². The summed E-state index contributed by atoms with van der Waals surface area (Å²) in [5.41, 5.74) is 7.85. The third-order valence-electron chi connectivity index (χ3n) is 4.48. The minimum absolute atomic E-state index is 0.0126. The molecule has 0 aliphatic heterocycles. The number of aryl methyl sites for hydroxylation is 2. The number of hydrazine groups is 1. The van der Waals surface area contributed by atoms with Gasteiger partial charge in [0, 0.05) is 6.20 Å². The van der Waals surface area contributed by atoms with Crippen LogP contribution in [0.25, 0.3) is 5.82 Å². The average Bonchev–Trinajstić information content (AvgIpc) is 3.19. The lowest BCUT2D eigenvalue weighted by molar-refractivity contribution is -0.123. The van der Waals surface area contributed by atoms with Crippen LogP contribution in [0.3, 0.4) is 0 Å². The Labute approximate surface area is 175 Å². The maximum atomic E-state index is 12.7. The van der Waals surface area contributed by atoms with Crippen LogP contribution in [0.15, 0.2) is 48.8 Å². The van der Waals surface area contributed by atoms with Crippen molar-refractivity contribution < 1.29 is 14.3 Å². The topological polar surface area (TPSA) is 98.1 Å². The molecule has 156 valence electrons. The number of benzene rings is 1. The summed E-state index contributed by atoms with van der Waals surface area (Å²) >= 11 is 0. The fraction of sp³-hybridized carbons (Fsp3) is 0.273. The zero-order valence-corrected chi connectivity index (χ0v) is 17.5. The molecule has 30 heavy (non-hydrogen) atoms. The Kier molecular flexibility index (Phi) is 6.46. The van der Waals surface area contributed by atoms with E-state index in [-0.39, 0.29) is 12.5 Å². The smallest absolute Gasteiger partial charge is 0.276 e. The largest absolute Gasteiger partial charge is 0.483 e. The molecule has 8 heteroatoms. The summed E-state index contributed by atoms with van der Waals surface area (Å²) < 4.78 is 7.18. The molecule has 2 heterocycles. The van der Waals surface area contributed by atoms with E-state index in [1.807, 2.05) is 64.1 Å². The normalized spacial score (nSPS) is 10.7. The van der Waals surface area contributed by atoms with Crippen molar-refractivity contribution in [1.29, 1.82) is 0 Å². The van der Waals surface area contributed by atoms with Crippen LogP contribution in [0.5, 0.6) is 5.75 Å². The zero-order valence-electron chi connectivity index (χ0n) is 17.5. The summed E-state index contributed by atoms with van der Waals surface area (Å²) in [4.78, 5) is 29.1. The first-order chi connectivity index (χ1) is 14.4. The minimum Gasteiger partial charge on any atom is -0.483 e. The molecule has 2 aromatic heterocycles. The Hall–Kier alpha value is -3.68. The van der Waals surface area contributed by atoms with Crippen molar-refractivity contribution in [2.24, 2.45) is 0 Å². The second-order valence-corrected chi connectivity index (χ2v) is 7.26. The predicted molar refractivity (Wildman–Crippen MR) is 112 cm³/mol. The molecule has 0 saturated carbocycles. The van der Waals surface area contributed by atoms with Gasteiger partial charge in [0.05, 0.1) is 17.5 Å². The van der Waals surface area contributed by atoms with Gasteiger partial charge < -0.3 is 4.74 Å². The predicted octanol–water partition coefficient (Wildman–Crippen LogP) is 2.85. The number of amides is 2. The maximum absolute atomic E-state index is 12.7. The first-order valence-corrected chi connectivity index (χ1v) is 9.65. The molecule has 0 fully saturated rings. The van der Waals surface area contributed by atoms with E-state index < -0.39 is 11.8 Å². The van der Waals surface area contributed by atoms with E-state index >= 15 is 0 Å². The van der Waals surface area contributed by atoms with Gasteiger partial charge in [-0.05, 0) is 49.1 Å². The molecule has 0 spiro atoms. The molecular formula is C22H25N5O3. The molecule has 0 aliphatic carbocycles. The van der Waals surface area contributed by atoms with Crippen molar-refractivity contribution in [2.45, 2.75) is 33.6 Å². The van der Waals surface area contributed by atoms with Crippen LogP contribution in [0.4, 0.5) is 0 Å².